The molecule has 0 unspecified atom stereocenters. The summed E-state index contributed by atoms with van der Waals surface area (Å²) in [6.07, 6.45) is 1.71. The van der Waals surface area contributed by atoms with Gasteiger partial charge in [-0.25, -0.2) is 0 Å². The molecule has 0 saturated carbocycles. The minimum absolute atomic E-state index is 0. The number of hydrogen-bond donors (Lipinski definition) is 0. The van der Waals surface area contributed by atoms with Gasteiger partial charge in [0.25, 0.3) is 0 Å². The van der Waals surface area contributed by atoms with Crippen LogP contribution in [0.15, 0.2) is 18.3 Å². The second-order valence-corrected chi connectivity index (χ2v) is 2.95. The van der Waals surface area contributed by atoms with E-state index < -0.39 is 18.8 Å². The molecule has 0 N–H and O–H groups in total. The Hall–Kier alpha value is 0.565. The van der Waals surface area contributed by atoms with Gasteiger partial charge in [0, 0.05) is 16.8 Å². The summed E-state index contributed by atoms with van der Waals surface area (Å²) in [5.41, 5.74) is 0. The van der Waals surface area contributed by atoms with Crippen molar-refractivity contribution in [1.82, 2.24) is 3.13 Å². The molecule has 0 atom stereocenters. The van der Waals surface area contributed by atoms with Crippen LogP contribution in [0.3, 0.4) is 0 Å². The van der Waals surface area contributed by atoms with Crippen molar-refractivity contribution in [3.63, 3.8) is 0 Å². The number of rotatable bonds is 1. The zero-order valence-corrected chi connectivity index (χ0v) is 8.01. The van der Waals surface area contributed by atoms with Crippen LogP contribution in [0.4, 0.5) is 0 Å². The number of hydrogen-bond acceptors (Lipinski definition) is 1. The Bertz CT molecular complexity index is 202. The van der Waals surface area contributed by atoms with Gasteiger partial charge < -0.3 is 0 Å². The average Bonchev–Trinajstić information content (AvgIpc) is 2.14. The van der Waals surface area contributed by atoms with E-state index in [2.05, 4.69) is 0 Å². The second-order valence-electron chi connectivity index (χ2n) is 1.23. The number of nitrogens with zero attached hydrogens (tertiary/aromatic N) is 1. The Morgan fingerprint density at radius 2 is 2.33 bits per heavy atom. The van der Waals surface area contributed by atoms with Crippen LogP contribution in [0, 0.1) is 0 Å². The van der Waals surface area contributed by atoms with Gasteiger partial charge >= 0.3 is 60.4 Å². The summed E-state index contributed by atoms with van der Waals surface area (Å²) >= 11 is 4.24. The summed E-state index contributed by atoms with van der Waals surface area (Å²) in [6, 6.07) is 3.48. The van der Waals surface area contributed by atoms with Crippen LogP contribution in [0.1, 0.15) is 0 Å². The van der Waals surface area contributed by atoms with Gasteiger partial charge in [-0.2, -0.15) is 0 Å². The van der Waals surface area contributed by atoms with Crippen LogP contribution >= 0.6 is 11.6 Å². The first kappa shape index (κ1) is 9.56. The van der Waals surface area contributed by atoms with Crippen molar-refractivity contribution in [3.8, 4) is 0 Å². The van der Waals surface area contributed by atoms with Gasteiger partial charge in [0.2, 0.25) is 0 Å². The van der Waals surface area contributed by atoms with Crippen molar-refractivity contribution in [2.45, 2.75) is 0 Å². The number of halogens is 1. The van der Waals surface area contributed by atoms with Crippen LogP contribution in [0.25, 0.3) is 0 Å². The predicted molar refractivity (Wildman–Crippen MR) is 25.5 cm³/mol. The van der Waals surface area contributed by atoms with E-state index in [1.807, 2.05) is 0 Å². The summed E-state index contributed by atoms with van der Waals surface area (Å²) in [7, 11) is 0. The molecule has 1 aromatic rings. The molecule has 1 radical (unpaired) electrons. The van der Waals surface area contributed by atoms with E-state index in [1.54, 1.807) is 21.5 Å². The van der Waals surface area contributed by atoms with Crippen molar-refractivity contribution in [3.05, 3.63) is 23.5 Å². The molecule has 1 aromatic heterocycles. The third kappa shape index (κ3) is 2.34. The first-order valence-corrected chi connectivity index (χ1v) is 4.07. The van der Waals surface area contributed by atoms with Crippen molar-refractivity contribution in [1.29, 1.82) is 0 Å². The fraction of sp³-hybridized carbons (Fsp3) is 0. The predicted octanol–water partition coefficient (Wildman–Crippen LogP) is 1.33. The van der Waals surface area contributed by atoms with E-state index in [4.69, 9.17) is 11.6 Å². The molecule has 0 spiro atoms. The molecular weight excluding hydrogens is 268 g/mol. The molecule has 1 heterocycles. The second kappa shape index (κ2) is 4.39. The topological polar surface area (TPSA) is 22.0 Å². The van der Waals surface area contributed by atoms with Gasteiger partial charge in [0.05, 0.1) is 0 Å². The van der Waals surface area contributed by atoms with Gasteiger partial charge in [0.15, 0.2) is 0 Å². The van der Waals surface area contributed by atoms with Crippen molar-refractivity contribution in [2.24, 2.45) is 0 Å². The van der Waals surface area contributed by atoms with Crippen LogP contribution in [-0.2, 0) is 39.0 Å². The van der Waals surface area contributed by atoms with E-state index in [0.29, 0.717) is 5.15 Å². The molecule has 0 saturated heterocycles. The summed E-state index contributed by atoms with van der Waals surface area (Å²) in [6.45, 7) is 0. The molecule has 0 bridgehead atoms. The standard InChI is InChI=1S/C4H3ClN.Co.Mo.O/c5-4-2-1-3-6-4;;;/h1-3H;;;/q-1;;+1;. The Balaban J connectivity index is 0.000000640. The minimum atomic E-state index is -1.29. The molecule has 0 aliphatic heterocycles. The first-order valence-electron chi connectivity index (χ1n) is 1.98. The van der Waals surface area contributed by atoms with Gasteiger partial charge in [0.1, 0.15) is 0 Å². The van der Waals surface area contributed by atoms with Gasteiger partial charge in [-0.1, -0.05) is 0 Å². The van der Waals surface area contributed by atoms with E-state index in [1.165, 1.54) is 0 Å². The Morgan fingerprint density at radius 1 is 1.67 bits per heavy atom. The normalized spacial score (nSPS) is 8.11. The van der Waals surface area contributed by atoms with Crippen molar-refractivity contribution in [2.75, 3.05) is 0 Å². The van der Waals surface area contributed by atoms with Crippen LogP contribution in [0.5, 0.6) is 0 Å². The zero-order chi connectivity index (χ0) is 5.98. The number of aromatic nitrogens is 1. The molecule has 0 aromatic carbocycles. The molecule has 0 aliphatic rings. The van der Waals surface area contributed by atoms with Crippen LogP contribution in [0.2, 0.25) is 5.15 Å². The maximum atomic E-state index is 10.2. The first-order chi connectivity index (χ1) is 3.84. The van der Waals surface area contributed by atoms with E-state index in [0.717, 1.165) is 0 Å². The van der Waals surface area contributed by atoms with Crippen molar-refractivity contribution >= 4 is 11.6 Å². The third-order valence-electron chi connectivity index (χ3n) is 0.746. The molecule has 2 nitrogen and oxygen atoms in total. The van der Waals surface area contributed by atoms with Gasteiger partial charge in [-0.3, -0.25) is 0 Å². The van der Waals surface area contributed by atoms with Gasteiger partial charge in [-0.05, 0) is 0 Å². The average molecular weight is 271 g/mol. The van der Waals surface area contributed by atoms with E-state index >= 15 is 0 Å². The molecule has 1 rings (SSSR count). The molecule has 0 amide bonds. The summed E-state index contributed by atoms with van der Waals surface area (Å²) in [5, 5.41) is 0.558. The summed E-state index contributed by atoms with van der Waals surface area (Å²) in [5.74, 6) is 0. The molecular formula is C4H3ClCoMoNO. The molecule has 0 fully saturated rings. The third-order valence-corrected chi connectivity index (χ3v) is 2.50. The summed E-state index contributed by atoms with van der Waals surface area (Å²) in [4.78, 5) is 0. The van der Waals surface area contributed by atoms with E-state index in [-0.39, 0.29) is 16.8 Å². The Kier molecular flexibility index (Phi) is 4.67. The molecule has 52 valence electrons. The maximum absolute atomic E-state index is 10.2. The molecule has 9 heavy (non-hydrogen) atoms. The molecule has 0 aliphatic carbocycles. The van der Waals surface area contributed by atoms with Crippen LogP contribution < -0.4 is 0 Å². The summed E-state index contributed by atoms with van der Waals surface area (Å²) < 4.78 is 11.8. The SMILES string of the molecule is [Co].[O]=[Mo][n]1cccc1Cl. The Morgan fingerprint density at radius 3 is 2.56 bits per heavy atom. The Labute approximate surface area is 76.9 Å². The fourth-order valence-corrected chi connectivity index (χ4v) is 1.32. The molecule has 5 heteroatoms. The van der Waals surface area contributed by atoms with Crippen molar-refractivity contribution < 1.29 is 39.0 Å². The van der Waals surface area contributed by atoms with E-state index in [9.17, 15) is 3.40 Å². The van der Waals surface area contributed by atoms with Crippen LogP contribution in [-0.4, -0.2) is 3.13 Å². The monoisotopic (exact) mass is 273 g/mol. The van der Waals surface area contributed by atoms with Gasteiger partial charge in [-0.15, -0.1) is 0 Å². The quantitative estimate of drug-likeness (QED) is 0.706. The zero-order valence-electron chi connectivity index (χ0n) is 4.21. The fourth-order valence-electron chi connectivity index (χ4n) is 0.406.